The third-order valence-corrected chi connectivity index (χ3v) is 4.24. The minimum absolute atomic E-state index is 0.155. The number of hydrogen-bond donors (Lipinski definition) is 0. The van der Waals surface area contributed by atoms with Gasteiger partial charge in [-0.1, -0.05) is 0 Å². The van der Waals surface area contributed by atoms with E-state index in [1.165, 1.54) is 0 Å². The highest BCUT2D eigenvalue weighted by Crippen LogP contribution is 2.10. The van der Waals surface area contributed by atoms with E-state index in [-0.39, 0.29) is 6.29 Å². The first-order valence-corrected chi connectivity index (χ1v) is 7.85. The number of carbonyl (C=O) groups is 2. The highest BCUT2D eigenvalue weighted by molar-refractivity contribution is 6.34. The van der Waals surface area contributed by atoms with Crippen LogP contribution in [0, 0.1) is 0 Å². The van der Waals surface area contributed by atoms with Crippen molar-refractivity contribution in [2.45, 2.75) is 6.29 Å². The summed E-state index contributed by atoms with van der Waals surface area (Å²) in [7, 11) is 0. The Balaban J connectivity index is 1.43. The van der Waals surface area contributed by atoms with Crippen LogP contribution < -0.4 is 0 Å². The van der Waals surface area contributed by atoms with Crippen LogP contribution >= 0.6 is 0 Å². The molecule has 8 nitrogen and oxygen atoms in total. The van der Waals surface area contributed by atoms with Gasteiger partial charge < -0.3 is 24.0 Å². The van der Waals surface area contributed by atoms with Gasteiger partial charge in [0, 0.05) is 45.8 Å². The van der Waals surface area contributed by atoms with Crippen molar-refractivity contribution in [1.29, 1.82) is 0 Å². The lowest BCUT2D eigenvalue weighted by Crippen LogP contribution is -2.55. The van der Waals surface area contributed by atoms with Crippen molar-refractivity contribution in [2.75, 3.05) is 72.2 Å². The monoisotopic (exact) mass is 313 g/mol. The Kier molecular flexibility index (Phi) is 5.24. The summed E-state index contributed by atoms with van der Waals surface area (Å²) in [6, 6.07) is 0. The molecule has 0 aromatic heterocycles. The fraction of sp³-hybridized carbons (Fsp3) is 0.857. The molecule has 0 saturated carbocycles. The van der Waals surface area contributed by atoms with Gasteiger partial charge in [-0.05, 0) is 0 Å². The number of morpholine rings is 1. The summed E-state index contributed by atoms with van der Waals surface area (Å²) in [6.45, 7) is 6.66. The van der Waals surface area contributed by atoms with E-state index in [0.29, 0.717) is 52.6 Å². The summed E-state index contributed by atoms with van der Waals surface area (Å²) in [4.78, 5) is 29.9. The van der Waals surface area contributed by atoms with Crippen LogP contribution in [0.5, 0.6) is 0 Å². The van der Waals surface area contributed by atoms with Crippen molar-refractivity contribution in [2.24, 2.45) is 0 Å². The minimum atomic E-state index is -0.404. The van der Waals surface area contributed by atoms with Gasteiger partial charge in [0.25, 0.3) is 0 Å². The maximum Gasteiger partial charge on any atom is 0.312 e. The molecule has 3 aliphatic rings. The topological polar surface area (TPSA) is 71.6 Å². The maximum atomic E-state index is 12.3. The lowest BCUT2D eigenvalue weighted by molar-refractivity contribution is -0.155. The van der Waals surface area contributed by atoms with E-state index in [1.807, 2.05) is 0 Å². The number of nitrogens with zero attached hydrogens (tertiary/aromatic N) is 3. The predicted octanol–water partition coefficient (Wildman–Crippen LogP) is -1.64. The lowest BCUT2D eigenvalue weighted by Gasteiger charge is -2.36. The number of hydrogen-bond acceptors (Lipinski definition) is 6. The predicted molar refractivity (Wildman–Crippen MR) is 76.1 cm³/mol. The summed E-state index contributed by atoms with van der Waals surface area (Å²) >= 11 is 0. The van der Waals surface area contributed by atoms with E-state index in [9.17, 15) is 9.59 Å². The molecule has 0 spiro atoms. The van der Waals surface area contributed by atoms with Crippen molar-refractivity contribution in [3.8, 4) is 0 Å². The van der Waals surface area contributed by atoms with Crippen LogP contribution in [0.1, 0.15) is 0 Å². The molecule has 3 rings (SSSR count). The molecule has 3 heterocycles. The Morgan fingerprint density at radius 3 is 1.91 bits per heavy atom. The largest absolute Gasteiger partial charge is 0.378 e. The van der Waals surface area contributed by atoms with Gasteiger partial charge in [-0.2, -0.15) is 0 Å². The highest BCUT2D eigenvalue weighted by atomic mass is 16.7. The first-order valence-electron chi connectivity index (χ1n) is 7.85. The smallest absolute Gasteiger partial charge is 0.312 e. The molecular formula is C14H23N3O5. The van der Waals surface area contributed by atoms with Gasteiger partial charge in [-0.3, -0.25) is 14.5 Å². The fourth-order valence-electron chi connectivity index (χ4n) is 2.89. The van der Waals surface area contributed by atoms with Crippen molar-refractivity contribution in [1.82, 2.24) is 14.7 Å². The molecule has 0 N–H and O–H groups in total. The Hall–Kier alpha value is -1.22. The molecule has 0 aromatic rings. The van der Waals surface area contributed by atoms with E-state index < -0.39 is 11.8 Å². The first kappa shape index (κ1) is 15.7. The van der Waals surface area contributed by atoms with Crippen LogP contribution in [-0.2, 0) is 23.8 Å². The quantitative estimate of drug-likeness (QED) is 0.570. The zero-order chi connectivity index (χ0) is 15.4. The van der Waals surface area contributed by atoms with Crippen molar-refractivity contribution in [3.63, 3.8) is 0 Å². The molecule has 3 saturated heterocycles. The number of carbonyl (C=O) groups excluding carboxylic acids is 2. The fourth-order valence-corrected chi connectivity index (χ4v) is 2.89. The number of piperazine rings is 1. The van der Waals surface area contributed by atoms with Crippen molar-refractivity contribution in [3.05, 3.63) is 0 Å². The number of rotatable bonds is 2. The van der Waals surface area contributed by atoms with Gasteiger partial charge >= 0.3 is 11.8 Å². The first-order chi connectivity index (χ1) is 10.7. The summed E-state index contributed by atoms with van der Waals surface area (Å²) < 4.78 is 16.1. The minimum Gasteiger partial charge on any atom is -0.378 e. The van der Waals surface area contributed by atoms with Crippen LogP contribution in [0.2, 0.25) is 0 Å². The third-order valence-electron chi connectivity index (χ3n) is 4.24. The zero-order valence-electron chi connectivity index (χ0n) is 12.7. The van der Waals surface area contributed by atoms with Crippen molar-refractivity contribution >= 4 is 11.8 Å². The summed E-state index contributed by atoms with van der Waals surface area (Å²) in [5.74, 6) is -0.797. The molecule has 2 amide bonds. The zero-order valence-corrected chi connectivity index (χ0v) is 12.7. The second kappa shape index (κ2) is 7.36. The second-order valence-corrected chi connectivity index (χ2v) is 5.67. The molecule has 0 atom stereocenters. The Morgan fingerprint density at radius 1 is 0.773 bits per heavy atom. The molecular weight excluding hydrogens is 290 g/mol. The third kappa shape index (κ3) is 3.75. The molecule has 8 heteroatoms. The molecule has 124 valence electrons. The van der Waals surface area contributed by atoms with Gasteiger partial charge in [0.05, 0.1) is 26.4 Å². The molecule has 0 unspecified atom stereocenters. The van der Waals surface area contributed by atoms with Gasteiger partial charge in [-0.25, -0.2) is 0 Å². The number of ether oxygens (including phenoxy) is 3. The highest BCUT2D eigenvalue weighted by Gasteiger charge is 2.31. The van der Waals surface area contributed by atoms with E-state index in [2.05, 4.69) is 4.90 Å². The molecule has 3 fully saturated rings. The van der Waals surface area contributed by atoms with Gasteiger partial charge in [0.2, 0.25) is 0 Å². The van der Waals surface area contributed by atoms with E-state index in [0.717, 1.165) is 19.6 Å². The molecule has 0 aromatic carbocycles. The average Bonchev–Trinajstić information content (AvgIpc) is 3.08. The lowest BCUT2D eigenvalue weighted by atomic mass is 10.3. The maximum absolute atomic E-state index is 12.3. The standard InChI is InChI=1S/C14H23N3O5/c18-13(14(19)17-5-7-20-8-6-17)16-3-1-15(2-4-16)11-12-21-9-10-22-12/h12H,1-11H2. The summed E-state index contributed by atoms with van der Waals surface area (Å²) in [5.41, 5.74) is 0. The van der Waals surface area contributed by atoms with Crippen molar-refractivity contribution < 1.29 is 23.8 Å². The Morgan fingerprint density at radius 2 is 1.32 bits per heavy atom. The number of amides is 2. The molecule has 0 aliphatic carbocycles. The molecule has 3 aliphatic heterocycles. The summed E-state index contributed by atoms with van der Waals surface area (Å²) in [6.07, 6.45) is -0.155. The SMILES string of the molecule is O=C(C(=O)N1CCN(CC2OCCO2)CC1)N1CCOCC1. The van der Waals surface area contributed by atoms with Crippen LogP contribution in [0.25, 0.3) is 0 Å². The van der Waals surface area contributed by atoms with Crippen LogP contribution in [-0.4, -0.2) is 105 Å². The van der Waals surface area contributed by atoms with Gasteiger partial charge in [0.1, 0.15) is 0 Å². The van der Waals surface area contributed by atoms with E-state index in [4.69, 9.17) is 14.2 Å². The normalized spacial score (nSPS) is 24.7. The van der Waals surface area contributed by atoms with E-state index in [1.54, 1.807) is 9.80 Å². The Bertz CT molecular complexity index is 399. The second-order valence-electron chi connectivity index (χ2n) is 5.67. The van der Waals surface area contributed by atoms with Crippen LogP contribution in [0.15, 0.2) is 0 Å². The van der Waals surface area contributed by atoms with Gasteiger partial charge in [-0.15, -0.1) is 0 Å². The molecule has 0 bridgehead atoms. The molecule has 22 heavy (non-hydrogen) atoms. The van der Waals surface area contributed by atoms with Crippen LogP contribution in [0.3, 0.4) is 0 Å². The van der Waals surface area contributed by atoms with E-state index >= 15 is 0 Å². The average molecular weight is 313 g/mol. The summed E-state index contributed by atoms with van der Waals surface area (Å²) in [5, 5.41) is 0. The van der Waals surface area contributed by atoms with Gasteiger partial charge in [0.15, 0.2) is 6.29 Å². The molecule has 0 radical (unpaired) electrons. The Labute approximate surface area is 129 Å². The van der Waals surface area contributed by atoms with Crippen LogP contribution in [0.4, 0.5) is 0 Å².